The van der Waals surface area contributed by atoms with Crippen molar-refractivity contribution in [2.75, 3.05) is 7.05 Å². The van der Waals surface area contributed by atoms with Gasteiger partial charge in [-0.2, -0.15) is 5.26 Å². The Morgan fingerprint density at radius 2 is 2.67 bits per heavy atom. The van der Waals surface area contributed by atoms with Crippen molar-refractivity contribution in [2.24, 2.45) is 0 Å². The molecule has 15 heavy (non-hydrogen) atoms. The van der Waals surface area contributed by atoms with Gasteiger partial charge in [-0.25, -0.2) is 4.98 Å². The molecule has 0 saturated heterocycles. The van der Waals surface area contributed by atoms with Crippen LogP contribution in [0.3, 0.4) is 0 Å². The van der Waals surface area contributed by atoms with Crippen LogP contribution in [-0.4, -0.2) is 22.8 Å². The van der Waals surface area contributed by atoms with Crippen LogP contribution in [0.25, 0.3) is 0 Å². The third-order valence-electron chi connectivity index (χ3n) is 2.84. The lowest BCUT2D eigenvalue weighted by atomic mass is 10.0. The summed E-state index contributed by atoms with van der Waals surface area (Å²) in [4.78, 5) is 4.26. The first-order valence-corrected chi connectivity index (χ1v) is 6.70. The number of nitriles is 1. The first-order chi connectivity index (χ1) is 7.28. The number of hydrogen-bond donors (Lipinski definition) is 1. The maximum atomic E-state index is 9.13. The maximum absolute atomic E-state index is 9.13. The van der Waals surface area contributed by atoms with Crippen molar-refractivity contribution in [2.45, 2.75) is 34.4 Å². The molecule has 5 heteroatoms. The van der Waals surface area contributed by atoms with Crippen molar-refractivity contribution >= 4 is 23.1 Å². The Morgan fingerprint density at radius 3 is 3.20 bits per heavy atom. The molecule has 1 aromatic heterocycles. The van der Waals surface area contributed by atoms with Crippen molar-refractivity contribution in [3.63, 3.8) is 0 Å². The number of hydrogen-bond acceptors (Lipinski definition) is 5. The van der Waals surface area contributed by atoms with E-state index in [-0.39, 0.29) is 5.54 Å². The van der Waals surface area contributed by atoms with Gasteiger partial charge in [0.15, 0.2) is 0 Å². The Balaban J connectivity index is 1.96. The molecule has 1 aromatic rings. The average Bonchev–Trinajstić information content (AvgIpc) is 2.89. The van der Waals surface area contributed by atoms with Crippen LogP contribution in [0.5, 0.6) is 0 Å². The molecular weight excluding hydrogens is 226 g/mol. The molecule has 1 heterocycles. The summed E-state index contributed by atoms with van der Waals surface area (Å²) in [5.41, 5.74) is -0.297. The van der Waals surface area contributed by atoms with Crippen LogP contribution < -0.4 is 5.32 Å². The summed E-state index contributed by atoms with van der Waals surface area (Å²) in [5, 5.41) is 14.8. The Kier molecular flexibility index (Phi) is 3.29. The van der Waals surface area contributed by atoms with E-state index < -0.39 is 0 Å². The average molecular weight is 239 g/mol. The lowest BCUT2D eigenvalue weighted by Crippen LogP contribution is -2.38. The topological polar surface area (TPSA) is 48.7 Å². The van der Waals surface area contributed by atoms with Gasteiger partial charge in [-0.1, -0.05) is 11.8 Å². The molecule has 0 spiro atoms. The Labute approximate surface area is 97.9 Å². The van der Waals surface area contributed by atoms with Gasteiger partial charge in [0.25, 0.3) is 0 Å². The van der Waals surface area contributed by atoms with Crippen LogP contribution in [0.1, 0.15) is 19.3 Å². The van der Waals surface area contributed by atoms with Crippen LogP contribution in [0, 0.1) is 11.3 Å². The molecular formula is C10H13N3S2. The highest BCUT2D eigenvalue weighted by Crippen LogP contribution is 2.40. The zero-order chi connectivity index (χ0) is 10.7. The fourth-order valence-corrected chi connectivity index (χ4v) is 4.06. The molecule has 3 nitrogen and oxygen atoms in total. The van der Waals surface area contributed by atoms with Crippen molar-refractivity contribution in [3.05, 3.63) is 11.6 Å². The number of thioether (sulfide) groups is 1. The van der Waals surface area contributed by atoms with Gasteiger partial charge < -0.3 is 5.32 Å². The van der Waals surface area contributed by atoms with E-state index in [0.29, 0.717) is 5.25 Å². The minimum atomic E-state index is -0.297. The zero-order valence-corrected chi connectivity index (χ0v) is 10.2. The van der Waals surface area contributed by atoms with Gasteiger partial charge in [0, 0.05) is 16.8 Å². The predicted octanol–water partition coefficient (Wildman–Crippen LogP) is 2.27. The second-order valence-electron chi connectivity index (χ2n) is 3.72. The van der Waals surface area contributed by atoms with E-state index in [1.54, 1.807) is 11.3 Å². The number of thiazole rings is 1. The van der Waals surface area contributed by atoms with Crippen molar-refractivity contribution in [1.29, 1.82) is 5.26 Å². The van der Waals surface area contributed by atoms with E-state index in [9.17, 15) is 0 Å². The molecule has 1 saturated carbocycles. The monoisotopic (exact) mass is 239 g/mol. The minimum Gasteiger partial charge on any atom is -0.302 e. The van der Waals surface area contributed by atoms with E-state index >= 15 is 0 Å². The quantitative estimate of drug-likeness (QED) is 0.879. The number of nitrogens with one attached hydrogen (secondary N) is 1. The lowest BCUT2D eigenvalue weighted by molar-refractivity contribution is 0.464. The molecule has 0 bridgehead atoms. The maximum Gasteiger partial charge on any atom is 0.150 e. The number of nitrogens with zero attached hydrogens (tertiary/aromatic N) is 2. The Hall–Kier alpha value is -0.570. The molecule has 80 valence electrons. The molecule has 2 atom stereocenters. The molecule has 1 aliphatic carbocycles. The van der Waals surface area contributed by atoms with Gasteiger partial charge in [0.1, 0.15) is 9.88 Å². The summed E-state index contributed by atoms with van der Waals surface area (Å²) in [6, 6.07) is 2.40. The van der Waals surface area contributed by atoms with Gasteiger partial charge in [0.05, 0.1) is 6.07 Å². The standard InChI is InChI=1S/C10H13N3S2/c1-12-10(7-11)3-2-8(6-10)15-9-13-4-5-14-9/h4-5,8,12H,2-3,6H2,1H3. The minimum absolute atomic E-state index is 0.297. The van der Waals surface area contributed by atoms with Gasteiger partial charge in [-0.15, -0.1) is 11.3 Å². The van der Waals surface area contributed by atoms with Crippen molar-refractivity contribution in [3.8, 4) is 6.07 Å². The normalized spacial score (nSPS) is 30.3. The first-order valence-electron chi connectivity index (χ1n) is 4.94. The summed E-state index contributed by atoms with van der Waals surface area (Å²) in [5.74, 6) is 0. The lowest BCUT2D eigenvalue weighted by Gasteiger charge is -2.19. The molecule has 1 fully saturated rings. The van der Waals surface area contributed by atoms with Crippen LogP contribution in [0.2, 0.25) is 0 Å². The molecule has 0 aromatic carbocycles. The smallest absolute Gasteiger partial charge is 0.150 e. The summed E-state index contributed by atoms with van der Waals surface area (Å²) in [6.45, 7) is 0. The first kappa shape index (κ1) is 10.9. The van der Waals surface area contributed by atoms with Crippen LogP contribution in [-0.2, 0) is 0 Å². The van der Waals surface area contributed by atoms with E-state index in [2.05, 4.69) is 16.4 Å². The summed E-state index contributed by atoms with van der Waals surface area (Å²) in [6.07, 6.45) is 4.80. The molecule has 0 amide bonds. The Morgan fingerprint density at radius 1 is 1.80 bits per heavy atom. The van der Waals surface area contributed by atoms with E-state index in [4.69, 9.17) is 5.26 Å². The van der Waals surface area contributed by atoms with E-state index in [0.717, 1.165) is 23.6 Å². The molecule has 1 aliphatic rings. The van der Waals surface area contributed by atoms with Crippen LogP contribution >= 0.6 is 23.1 Å². The van der Waals surface area contributed by atoms with Gasteiger partial charge in [0.2, 0.25) is 0 Å². The van der Waals surface area contributed by atoms with Crippen molar-refractivity contribution < 1.29 is 0 Å². The SMILES string of the molecule is CNC1(C#N)CCC(Sc2nccs2)C1. The molecule has 0 aliphatic heterocycles. The van der Waals surface area contributed by atoms with Crippen LogP contribution in [0.4, 0.5) is 0 Å². The predicted molar refractivity (Wildman–Crippen MR) is 63.0 cm³/mol. The molecule has 0 radical (unpaired) electrons. The van der Waals surface area contributed by atoms with Gasteiger partial charge in [-0.3, -0.25) is 0 Å². The van der Waals surface area contributed by atoms with E-state index in [1.807, 2.05) is 30.4 Å². The fraction of sp³-hybridized carbons (Fsp3) is 0.600. The third kappa shape index (κ3) is 2.33. The summed E-state index contributed by atoms with van der Waals surface area (Å²) < 4.78 is 1.12. The second kappa shape index (κ2) is 4.52. The third-order valence-corrected chi connectivity index (χ3v) is 5.02. The highest BCUT2D eigenvalue weighted by Gasteiger charge is 2.38. The van der Waals surface area contributed by atoms with Crippen LogP contribution in [0.15, 0.2) is 15.9 Å². The second-order valence-corrected chi connectivity index (χ2v) is 6.17. The summed E-state index contributed by atoms with van der Waals surface area (Å²) in [7, 11) is 1.87. The summed E-state index contributed by atoms with van der Waals surface area (Å²) >= 11 is 3.48. The van der Waals surface area contributed by atoms with Gasteiger partial charge in [-0.05, 0) is 26.3 Å². The number of rotatable bonds is 3. The van der Waals surface area contributed by atoms with Crippen molar-refractivity contribution in [1.82, 2.24) is 10.3 Å². The van der Waals surface area contributed by atoms with E-state index in [1.165, 1.54) is 0 Å². The number of aromatic nitrogens is 1. The highest BCUT2D eigenvalue weighted by atomic mass is 32.2. The largest absolute Gasteiger partial charge is 0.302 e. The van der Waals surface area contributed by atoms with Gasteiger partial charge >= 0.3 is 0 Å². The fourth-order valence-electron chi connectivity index (χ4n) is 1.90. The molecule has 2 unspecified atom stereocenters. The zero-order valence-electron chi connectivity index (χ0n) is 8.56. The molecule has 2 rings (SSSR count). The highest BCUT2D eigenvalue weighted by molar-refractivity contribution is 8.01. The Bertz CT molecular complexity index is 357. The molecule has 1 N–H and O–H groups in total.